The van der Waals surface area contributed by atoms with Crippen LogP contribution in [0.25, 0.3) is 4.85 Å². The molecule has 0 radical (unpaired) electrons. The van der Waals surface area contributed by atoms with Crippen molar-refractivity contribution in [2.24, 2.45) is 11.3 Å². The highest BCUT2D eigenvalue weighted by Crippen LogP contribution is 2.36. The van der Waals surface area contributed by atoms with Gasteiger partial charge in [-0.1, -0.05) is 57.2 Å². The third-order valence-corrected chi connectivity index (χ3v) is 8.31. The Morgan fingerprint density at radius 2 is 1.59 bits per heavy atom. The molecule has 204 valence electrons. The van der Waals surface area contributed by atoms with Gasteiger partial charge in [0.1, 0.15) is 0 Å². The van der Waals surface area contributed by atoms with E-state index in [-0.39, 0.29) is 29.3 Å². The van der Waals surface area contributed by atoms with Gasteiger partial charge < -0.3 is 9.80 Å². The first-order chi connectivity index (χ1) is 18.6. The summed E-state index contributed by atoms with van der Waals surface area (Å²) >= 11 is 0. The first-order valence-corrected chi connectivity index (χ1v) is 13.9. The molecule has 39 heavy (non-hydrogen) atoms. The molecule has 2 fully saturated rings. The van der Waals surface area contributed by atoms with Gasteiger partial charge in [0, 0.05) is 52.1 Å². The zero-order valence-electron chi connectivity index (χ0n) is 23.6. The van der Waals surface area contributed by atoms with E-state index in [4.69, 9.17) is 6.57 Å². The van der Waals surface area contributed by atoms with Gasteiger partial charge in [-0.3, -0.25) is 14.5 Å². The van der Waals surface area contributed by atoms with E-state index in [0.29, 0.717) is 30.1 Å². The van der Waals surface area contributed by atoms with Crippen molar-refractivity contribution in [3.05, 3.63) is 76.6 Å². The predicted molar refractivity (Wildman–Crippen MR) is 152 cm³/mol. The molecule has 2 aliphatic rings. The predicted octanol–water partition coefficient (Wildman–Crippen LogP) is 5.41. The standard InChI is InChI=1S/C32H39N5O2/c1-23(38)35-16-14-24(15-17-35)20-30(39)37-19-18-36(22-29(37)32(2,3)4)31(26-8-6-25(21-33)7-9-26)27-10-12-28(34-5)13-11-27/h6-13,24,29,31H,14-20,22H2,1-4H3/t29-,31?/m1/s1. The molecule has 2 aliphatic heterocycles. The molecule has 1 unspecified atom stereocenters. The summed E-state index contributed by atoms with van der Waals surface area (Å²) in [5, 5.41) is 9.31. The molecule has 4 rings (SSSR count). The van der Waals surface area contributed by atoms with Gasteiger partial charge in [0.05, 0.1) is 24.2 Å². The number of amides is 2. The highest BCUT2D eigenvalue weighted by Gasteiger charge is 2.40. The van der Waals surface area contributed by atoms with Gasteiger partial charge in [0.15, 0.2) is 5.69 Å². The van der Waals surface area contributed by atoms with Crippen LogP contribution in [0.3, 0.4) is 0 Å². The molecule has 2 aromatic carbocycles. The Labute approximate surface area is 232 Å². The Hall–Kier alpha value is -3.68. The van der Waals surface area contributed by atoms with Crippen molar-refractivity contribution < 1.29 is 9.59 Å². The van der Waals surface area contributed by atoms with Gasteiger partial charge in [0.25, 0.3) is 0 Å². The van der Waals surface area contributed by atoms with Gasteiger partial charge in [0.2, 0.25) is 11.8 Å². The molecule has 0 aromatic heterocycles. The lowest BCUT2D eigenvalue weighted by atomic mass is 9.82. The maximum absolute atomic E-state index is 13.7. The van der Waals surface area contributed by atoms with E-state index in [0.717, 1.165) is 50.1 Å². The summed E-state index contributed by atoms with van der Waals surface area (Å²) in [7, 11) is 0. The van der Waals surface area contributed by atoms with E-state index >= 15 is 0 Å². The Bertz CT molecular complexity index is 1180. The number of piperazine rings is 1. The number of hydrogen-bond donors (Lipinski definition) is 0. The molecule has 2 saturated heterocycles. The minimum Gasteiger partial charge on any atom is -0.343 e. The topological polar surface area (TPSA) is 72.0 Å². The summed E-state index contributed by atoms with van der Waals surface area (Å²) in [6.07, 6.45) is 2.30. The number of likely N-dealkylation sites (tertiary alicyclic amines) is 1. The van der Waals surface area contributed by atoms with Crippen molar-refractivity contribution in [2.45, 2.75) is 59.0 Å². The fourth-order valence-corrected chi connectivity index (χ4v) is 5.98. The molecule has 2 heterocycles. The third-order valence-electron chi connectivity index (χ3n) is 8.31. The average molecular weight is 526 g/mol. The lowest BCUT2D eigenvalue weighted by molar-refractivity contribution is -0.141. The lowest BCUT2D eigenvalue weighted by Crippen LogP contribution is -2.60. The van der Waals surface area contributed by atoms with E-state index in [1.54, 1.807) is 6.92 Å². The zero-order valence-corrected chi connectivity index (χ0v) is 23.6. The molecule has 0 spiro atoms. The van der Waals surface area contributed by atoms with Crippen molar-refractivity contribution in [3.8, 4) is 6.07 Å². The average Bonchev–Trinajstić information content (AvgIpc) is 2.93. The van der Waals surface area contributed by atoms with Crippen LogP contribution in [-0.4, -0.2) is 65.3 Å². The molecule has 2 aromatic rings. The normalized spacial score (nSPS) is 19.7. The minimum atomic E-state index is -0.116. The smallest absolute Gasteiger partial charge is 0.223 e. The Balaban J connectivity index is 1.56. The number of hydrogen-bond acceptors (Lipinski definition) is 4. The Kier molecular flexibility index (Phi) is 8.73. The number of nitrogens with zero attached hydrogens (tertiary/aromatic N) is 5. The summed E-state index contributed by atoms with van der Waals surface area (Å²) in [6, 6.07) is 17.7. The van der Waals surface area contributed by atoms with Gasteiger partial charge in [-0.25, -0.2) is 4.85 Å². The van der Waals surface area contributed by atoms with E-state index in [1.165, 1.54) is 0 Å². The number of benzene rings is 2. The monoisotopic (exact) mass is 525 g/mol. The molecule has 2 atom stereocenters. The van der Waals surface area contributed by atoms with Crippen molar-refractivity contribution in [1.29, 1.82) is 5.26 Å². The first-order valence-electron chi connectivity index (χ1n) is 13.9. The van der Waals surface area contributed by atoms with E-state index < -0.39 is 0 Å². The van der Waals surface area contributed by atoms with Crippen LogP contribution in [0.4, 0.5) is 5.69 Å². The fourth-order valence-electron chi connectivity index (χ4n) is 5.98. The van der Waals surface area contributed by atoms with E-state index in [1.807, 2.05) is 53.4 Å². The molecular weight excluding hydrogens is 486 g/mol. The second kappa shape index (κ2) is 12.0. The van der Waals surface area contributed by atoms with Crippen LogP contribution in [0.2, 0.25) is 0 Å². The largest absolute Gasteiger partial charge is 0.343 e. The first kappa shape index (κ1) is 28.3. The van der Waals surface area contributed by atoms with Gasteiger partial charge in [-0.15, -0.1) is 0 Å². The maximum Gasteiger partial charge on any atom is 0.223 e. The molecule has 0 bridgehead atoms. The van der Waals surface area contributed by atoms with Crippen LogP contribution in [0, 0.1) is 29.2 Å². The van der Waals surface area contributed by atoms with Crippen LogP contribution in [0.5, 0.6) is 0 Å². The van der Waals surface area contributed by atoms with Gasteiger partial charge >= 0.3 is 0 Å². The Morgan fingerprint density at radius 1 is 1.00 bits per heavy atom. The van der Waals surface area contributed by atoms with Gasteiger partial charge in [-0.2, -0.15) is 5.26 Å². The number of carbonyl (C=O) groups excluding carboxylic acids is 2. The lowest BCUT2D eigenvalue weighted by Gasteiger charge is -2.50. The Morgan fingerprint density at radius 3 is 2.10 bits per heavy atom. The van der Waals surface area contributed by atoms with Crippen LogP contribution < -0.4 is 0 Å². The van der Waals surface area contributed by atoms with E-state index in [9.17, 15) is 14.9 Å². The molecule has 0 saturated carbocycles. The third kappa shape index (κ3) is 6.67. The summed E-state index contributed by atoms with van der Waals surface area (Å²) in [5.41, 5.74) is 3.30. The summed E-state index contributed by atoms with van der Waals surface area (Å²) in [6.45, 7) is 19.1. The highest BCUT2D eigenvalue weighted by atomic mass is 16.2. The SMILES string of the molecule is [C-]#[N+]c1ccc(C(c2ccc(C#N)cc2)N2CCN(C(=O)CC3CCN(C(C)=O)CC3)[C@@H](C(C)(C)C)C2)cc1. The highest BCUT2D eigenvalue weighted by molar-refractivity contribution is 5.77. The zero-order chi connectivity index (χ0) is 28.2. The number of carbonyl (C=O) groups is 2. The van der Waals surface area contributed by atoms with E-state index in [2.05, 4.69) is 41.5 Å². The van der Waals surface area contributed by atoms with Crippen LogP contribution in [0.1, 0.15) is 69.7 Å². The molecule has 7 heteroatoms. The second-order valence-corrected chi connectivity index (χ2v) is 12.0. The van der Waals surface area contributed by atoms with Crippen LogP contribution in [-0.2, 0) is 9.59 Å². The number of nitriles is 1. The summed E-state index contributed by atoms with van der Waals surface area (Å²) < 4.78 is 0. The molecule has 0 aliphatic carbocycles. The van der Waals surface area contributed by atoms with Crippen LogP contribution in [0.15, 0.2) is 48.5 Å². The number of rotatable bonds is 5. The maximum atomic E-state index is 13.7. The molecular formula is C32H39N5O2. The molecule has 7 nitrogen and oxygen atoms in total. The van der Waals surface area contributed by atoms with Crippen LogP contribution >= 0.6 is 0 Å². The fraction of sp³-hybridized carbons (Fsp3) is 0.500. The quantitative estimate of drug-likeness (QED) is 0.490. The molecule has 2 amide bonds. The second-order valence-electron chi connectivity index (χ2n) is 12.0. The number of piperidine rings is 1. The molecule has 0 N–H and O–H groups in total. The van der Waals surface area contributed by atoms with Gasteiger partial charge in [-0.05, 0) is 47.4 Å². The van der Waals surface area contributed by atoms with Crippen molar-refractivity contribution >= 4 is 17.5 Å². The minimum absolute atomic E-state index is 0.0412. The summed E-state index contributed by atoms with van der Waals surface area (Å²) in [4.78, 5) is 35.3. The summed E-state index contributed by atoms with van der Waals surface area (Å²) in [5.74, 6) is 0.649. The van der Waals surface area contributed by atoms with Crippen molar-refractivity contribution in [3.63, 3.8) is 0 Å². The van der Waals surface area contributed by atoms with Crippen molar-refractivity contribution in [2.75, 3.05) is 32.7 Å². The van der Waals surface area contributed by atoms with Crippen molar-refractivity contribution in [1.82, 2.24) is 14.7 Å².